The van der Waals surface area contributed by atoms with Gasteiger partial charge in [-0.1, -0.05) is 26.7 Å². The highest BCUT2D eigenvalue weighted by atomic mass is 32.1. The van der Waals surface area contributed by atoms with Gasteiger partial charge in [-0.25, -0.2) is 4.98 Å². The van der Waals surface area contributed by atoms with Gasteiger partial charge in [0.25, 0.3) is 0 Å². The van der Waals surface area contributed by atoms with Crippen molar-refractivity contribution in [1.82, 2.24) is 15.2 Å². The van der Waals surface area contributed by atoms with Crippen molar-refractivity contribution in [2.75, 3.05) is 20.6 Å². The Morgan fingerprint density at radius 2 is 2.05 bits per heavy atom. The van der Waals surface area contributed by atoms with Gasteiger partial charge in [-0.05, 0) is 31.6 Å². The van der Waals surface area contributed by atoms with E-state index in [1.165, 1.54) is 47.7 Å². The zero-order valence-electron chi connectivity index (χ0n) is 14.5. The SMILES string of the molecule is CCC(CC)CNC(=NC)N(C)Cc1nc2c(s1)CCCC2. The van der Waals surface area contributed by atoms with Crippen LogP contribution in [0.5, 0.6) is 0 Å². The van der Waals surface area contributed by atoms with E-state index in [0.29, 0.717) is 0 Å². The minimum atomic E-state index is 0.720. The second-order valence-corrected chi connectivity index (χ2v) is 7.32. The third-order valence-electron chi connectivity index (χ3n) is 4.54. The number of hydrogen-bond donors (Lipinski definition) is 1. The Kier molecular flexibility index (Phi) is 6.68. The maximum Gasteiger partial charge on any atom is 0.193 e. The summed E-state index contributed by atoms with van der Waals surface area (Å²) in [5.41, 5.74) is 1.35. The number of fused-ring (bicyclic) bond motifs is 1. The first-order valence-corrected chi connectivity index (χ1v) is 9.38. The lowest BCUT2D eigenvalue weighted by Crippen LogP contribution is -2.40. The Labute approximate surface area is 139 Å². The van der Waals surface area contributed by atoms with E-state index in [2.05, 4.69) is 36.1 Å². The van der Waals surface area contributed by atoms with Crippen LogP contribution >= 0.6 is 11.3 Å². The summed E-state index contributed by atoms with van der Waals surface area (Å²) in [6, 6.07) is 0. The number of hydrogen-bond acceptors (Lipinski definition) is 3. The molecular weight excluding hydrogens is 292 g/mol. The van der Waals surface area contributed by atoms with Gasteiger partial charge in [-0.15, -0.1) is 11.3 Å². The van der Waals surface area contributed by atoms with Crippen LogP contribution in [0.1, 0.15) is 55.1 Å². The van der Waals surface area contributed by atoms with Gasteiger partial charge in [0.05, 0.1) is 12.2 Å². The lowest BCUT2D eigenvalue weighted by Gasteiger charge is -2.23. The molecule has 0 radical (unpaired) electrons. The van der Waals surface area contributed by atoms with Crippen LogP contribution in [-0.2, 0) is 19.4 Å². The number of aromatic nitrogens is 1. The van der Waals surface area contributed by atoms with E-state index in [4.69, 9.17) is 4.98 Å². The molecule has 1 aromatic rings. The van der Waals surface area contributed by atoms with Gasteiger partial charge in [-0.2, -0.15) is 0 Å². The first kappa shape index (κ1) is 17.3. The Morgan fingerprint density at radius 3 is 2.68 bits per heavy atom. The standard InChI is InChI=1S/C17H30N4S/c1-5-13(6-2)11-19-17(18-3)21(4)12-16-20-14-9-7-8-10-15(14)22-16/h13H,5-12H2,1-4H3,(H,18,19). The lowest BCUT2D eigenvalue weighted by atomic mass is 10.0. The molecule has 0 bridgehead atoms. The summed E-state index contributed by atoms with van der Waals surface area (Å²) in [7, 11) is 3.96. The van der Waals surface area contributed by atoms with E-state index in [0.717, 1.165) is 31.4 Å². The molecule has 0 aliphatic heterocycles. The Balaban J connectivity index is 1.91. The van der Waals surface area contributed by atoms with E-state index >= 15 is 0 Å². The molecule has 4 nitrogen and oxygen atoms in total. The van der Waals surface area contributed by atoms with Crippen LogP contribution in [0, 0.1) is 5.92 Å². The van der Waals surface area contributed by atoms with Crippen molar-refractivity contribution < 1.29 is 0 Å². The molecule has 0 unspecified atom stereocenters. The van der Waals surface area contributed by atoms with Gasteiger partial charge >= 0.3 is 0 Å². The molecule has 0 amide bonds. The van der Waals surface area contributed by atoms with Crippen LogP contribution < -0.4 is 5.32 Å². The van der Waals surface area contributed by atoms with Crippen LogP contribution in [0.25, 0.3) is 0 Å². The van der Waals surface area contributed by atoms with Crippen LogP contribution in [-0.4, -0.2) is 36.5 Å². The largest absolute Gasteiger partial charge is 0.356 e. The zero-order chi connectivity index (χ0) is 15.9. The normalized spacial score (nSPS) is 15.0. The third-order valence-corrected chi connectivity index (χ3v) is 5.68. The summed E-state index contributed by atoms with van der Waals surface area (Å²) < 4.78 is 0. The number of guanidine groups is 1. The van der Waals surface area contributed by atoms with Gasteiger partial charge in [0.2, 0.25) is 0 Å². The fourth-order valence-electron chi connectivity index (χ4n) is 2.95. The minimum absolute atomic E-state index is 0.720. The predicted molar refractivity (Wildman–Crippen MR) is 95.7 cm³/mol. The highest BCUT2D eigenvalue weighted by molar-refractivity contribution is 7.11. The molecule has 0 spiro atoms. The Morgan fingerprint density at radius 1 is 1.32 bits per heavy atom. The first-order valence-electron chi connectivity index (χ1n) is 8.57. The van der Waals surface area contributed by atoms with E-state index in [1.54, 1.807) is 0 Å². The molecule has 2 rings (SSSR count). The van der Waals surface area contributed by atoms with Gasteiger partial charge in [0, 0.05) is 25.5 Å². The summed E-state index contributed by atoms with van der Waals surface area (Å²) in [5.74, 6) is 1.69. The summed E-state index contributed by atoms with van der Waals surface area (Å²) >= 11 is 1.89. The van der Waals surface area contributed by atoms with E-state index in [-0.39, 0.29) is 0 Å². The first-order chi connectivity index (χ1) is 10.7. The van der Waals surface area contributed by atoms with E-state index in [1.807, 2.05) is 18.4 Å². The molecule has 1 aliphatic carbocycles. The van der Waals surface area contributed by atoms with Crippen molar-refractivity contribution in [3.05, 3.63) is 15.6 Å². The van der Waals surface area contributed by atoms with E-state index in [9.17, 15) is 0 Å². The quantitative estimate of drug-likeness (QED) is 0.644. The number of thiazole rings is 1. The maximum absolute atomic E-state index is 4.83. The van der Waals surface area contributed by atoms with Crippen LogP contribution in [0.3, 0.4) is 0 Å². The molecule has 0 atom stereocenters. The van der Waals surface area contributed by atoms with Crippen LogP contribution in [0.2, 0.25) is 0 Å². The summed E-state index contributed by atoms with van der Waals surface area (Å²) in [6.07, 6.45) is 7.43. The van der Waals surface area contributed by atoms with Crippen molar-refractivity contribution >= 4 is 17.3 Å². The number of aliphatic imine (C=N–C) groups is 1. The number of rotatable bonds is 6. The summed E-state index contributed by atoms with van der Waals surface area (Å²) in [6.45, 7) is 6.35. The molecule has 0 aromatic carbocycles. The molecule has 124 valence electrons. The monoisotopic (exact) mass is 322 g/mol. The minimum Gasteiger partial charge on any atom is -0.356 e. The van der Waals surface area contributed by atoms with Gasteiger partial charge in [0.15, 0.2) is 5.96 Å². The molecule has 0 saturated heterocycles. The fraction of sp³-hybridized carbons (Fsp3) is 0.765. The second-order valence-electron chi connectivity index (χ2n) is 6.15. The van der Waals surface area contributed by atoms with Crippen molar-refractivity contribution in [3.63, 3.8) is 0 Å². The number of nitrogens with zero attached hydrogens (tertiary/aromatic N) is 3. The zero-order valence-corrected chi connectivity index (χ0v) is 15.3. The molecule has 1 heterocycles. The average molecular weight is 323 g/mol. The predicted octanol–water partition coefficient (Wildman–Crippen LogP) is 3.47. The van der Waals surface area contributed by atoms with Gasteiger partial charge in [-0.3, -0.25) is 4.99 Å². The smallest absolute Gasteiger partial charge is 0.193 e. The van der Waals surface area contributed by atoms with Crippen molar-refractivity contribution in [2.45, 2.75) is 58.9 Å². The maximum atomic E-state index is 4.83. The molecule has 5 heteroatoms. The molecule has 1 N–H and O–H groups in total. The summed E-state index contributed by atoms with van der Waals surface area (Å²) in [4.78, 5) is 12.9. The van der Waals surface area contributed by atoms with Gasteiger partial charge in [0.1, 0.15) is 5.01 Å². The van der Waals surface area contributed by atoms with Crippen molar-refractivity contribution in [2.24, 2.45) is 10.9 Å². The molecule has 1 aliphatic rings. The Bertz CT molecular complexity index is 467. The molecule has 0 fully saturated rings. The second kappa shape index (κ2) is 8.51. The summed E-state index contributed by atoms with van der Waals surface area (Å²) in [5, 5.41) is 4.73. The fourth-order valence-corrected chi connectivity index (χ4v) is 4.16. The Hall–Kier alpha value is -1.10. The van der Waals surface area contributed by atoms with Crippen molar-refractivity contribution in [3.8, 4) is 0 Å². The van der Waals surface area contributed by atoms with E-state index < -0.39 is 0 Å². The lowest BCUT2D eigenvalue weighted by molar-refractivity contribution is 0.440. The number of nitrogens with one attached hydrogen (secondary N) is 1. The topological polar surface area (TPSA) is 40.5 Å². The molecule has 22 heavy (non-hydrogen) atoms. The molecule has 1 aromatic heterocycles. The van der Waals surface area contributed by atoms with Crippen molar-refractivity contribution in [1.29, 1.82) is 0 Å². The third kappa shape index (κ3) is 4.45. The molecular formula is C17H30N4S. The van der Waals surface area contributed by atoms with Crippen LogP contribution in [0.4, 0.5) is 0 Å². The van der Waals surface area contributed by atoms with Crippen LogP contribution in [0.15, 0.2) is 4.99 Å². The average Bonchev–Trinajstić information content (AvgIpc) is 2.93. The van der Waals surface area contributed by atoms with Gasteiger partial charge < -0.3 is 10.2 Å². The number of aryl methyl sites for hydroxylation is 2. The molecule has 0 saturated carbocycles. The highest BCUT2D eigenvalue weighted by Crippen LogP contribution is 2.27. The highest BCUT2D eigenvalue weighted by Gasteiger charge is 2.17.